The van der Waals surface area contributed by atoms with E-state index >= 15 is 0 Å². The molecule has 90 valence electrons. The Labute approximate surface area is 104 Å². The van der Waals surface area contributed by atoms with Crippen LogP contribution >= 0.6 is 0 Å². The predicted molar refractivity (Wildman–Crippen MR) is 68.5 cm³/mol. The van der Waals surface area contributed by atoms with Crippen LogP contribution in [0.1, 0.15) is 0 Å². The van der Waals surface area contributed by atoms with E-state index in [1.165, 1.54) is 12.1 Å². The van der Waals surface area contributed by atoms with E-state index in [1.807, 2.05) is 53.0 Å². The molecule has 0 aliphatic heterocycles. The summed E-state index contributed by atoms with van der Waals surface area (Å²) >= 11 is 0. The molecule has 1 N–H and O–H groups in total. The highest BCUT2D eigenvalue weighted by molar-refractivity contribution is 5.72. The van der Waals surface area contributed by atoms with E-state index in [9.17, 15) is 4.39 Å². The number of hydrogen-bond acceptors (Lipinski definition) is 1. The molecule has 0 fully saturated rings. The third-order valence-corrected chi connectivity index (χ3v) is 2.89. The molecule has 2 aromatic carbocycles. The average molecular weight is 242 g/mol. The average Bonchev–Trinajstić information content (AvgIpc) is 2.67. The number of aryl methyl sites for hydroxylation is 1. The molecule has 0 saturated carbocycles. The van der Waals surface area contributed by atoms with Gasteiger partial charge in [0.2, 0.25) is 5.52 Å². The lowest BCUT2D eigenvalue weighted by Gasteiger charge is -2.01. The van der Waals surface area contributed by atoms with E-state index < -0.39 is 0 Å². The van der Waals surface area contributed by atoms with Crippen LogP contribution in [0.4, 0.5) is 10.1 Å². The minimum absolute atomic E-state index is 0.239. The van der Waals surface area contributed by atoms with E-state index in [4.69, 9.17) is 0 Å². The molecule has 0 amide bonds. The second-order valence-electron chi connectivity index (χ2n) is 4.21. The van der Waals surface area contributed by atoms with Gasteiger partial charge in [-0.1, -0.05) is 18.2 Å². The molecule has 0 unspecified atom stereocenters. The molecule has 3 nitrogen and oxygen atoms in total. The number of aromatic nitrogens is 2. The number of halogens is 1. The van der Waals surface area contributed by atoms with E-state index in [0.29, 0.717) is 0 Å². The van der Waals surface area contributed by atoms with Crippen LogP contribution in [-0.4, -0.2) is 4.68 Å². The first-order chi connectivity index (χ1) is 8.74. The summed E-state index contributed by atoms with van der Waals surface area (Å²) < 4.78 is 17.1. The molecule has 0 saturated heterocycles. The standard InChI is InChI=1S/C14H13FN3/c1-17-10-18(16-12-5-3-2-4-6-12)14-9-11(15)7-8-13(14)17/h2-10,16H,1H3/q+1. The fraction of sp³-hybridized carbons (Fsp3) is 0.0714. The zero-order valence-electron chi connectivity index (χ0n) is 9.97. The van der Waals surface area contributed by atoms with Crippen LogP contribution in [0.3, 0.4) is 0 Å². The molecule has 4 heteroatoms. The molecule has 0 radical (unpaired) electrons. The highest BCUT2D eigenvalue weighted by Crippen LogP contribution is 2.14. The largest absolute Gasteiger partial charge is 0.268 e. The van der Waals surface area contributed by atoms with Crippen LogP contribution in [0.2, 0.25) is 0 Å². The fourth-order valence-corrected chi connectivity index (χ4v) is 2.03. The molecule has 0 spiro atoms. The van der Waals surface area contributed by atoms with Crippen molar-refractivity contribution in [3.8, 4) is 0 Å². The second kappa shape index (κ2) is 4.14. The van der Waals surface area contributed by atoms with Gasteiger partial charge in [-0.3, -0.25) is 0 Å². The second-order valence-corrected chi connectivity index (χ2v) is 4.21. The third kappa shape index (κ3) is 1.82. The van der Waals surface area contributed by atoms with Gasteiger partial charge in [0.1, 0.15) is 5.82 Å². The predicted octanol–water partition coefficient (Wildman–Crippen LogP) is 2.48. The third-order valence-electron chi connectivity index (χ3n) is 2.89. The van der Waals surface area contributed by atoms with Gasteiger partial charge in [-0.2, -0.15) is 0 Å². The molecule has 3 rings (SSSR count). The Morgan fingerprint density at radius 1 is 1.11 bits per heavy atom. The number of anilines is 1. The number of imidazole rings is 1. The van der Waals surface area contributed by atoms with Crippen molar-refractivity contribution in [2.45, 2.75) is 0 Å². The Morgan fingerprint density at radius 3 is 2.67 bits per heavy atom. The lowest BCUT2D eigenvalue weighted by Crippen LogP contribution is -2.26. The Hall–Kier alpha value is -2.36. The van der Waals surface area contributed by atoms with Crippen molar-refractivity contribution in [1.82, 2.24) is 4.68 Å². The molecule has 0 aliphatic carbocycles. The Kier molecular flexibility index (Phi) is 2.48. The Morgan fingerprint density at radius 2 is 1.89 bits per heavy atom. The quantitative estimate of drug-likeness (QED) is 0.685. The van der Waals surface area contributed by atoms with E-state index in [1.54, 1.807) is 6.07 Å². The molecular weight excluding hydrogens is 229 g/mol. The molecule has 3 aromatic rings. The number of fused-ring (bicyclic) bond motifs is 1. The van der Waals surface area contributed by atoms with Crippen LogP contribution in [0.15, 0.2) is 54.9 Å². The summed E-state index contributed by atoms with van der Waals surface area (Å²) in [5, 5.41) is 0. The smallest absolute Gasteiger partial charge is 0.231 e. The molecule has 18 heavy (non-hydrogen) atoms. The minimum atomic E-state index is -0.239. The van der Waals surface area contributed by atoms with Crippen molar-refractivity contribution in [3.05, 3.63) is 60.7 Å². The summed E-state index contributed by atoms with van der Waals surface area (Å²) in [6.45, 7) is 0. The van der Waals surface area contributed by atoms with Gasteiger partial charge in [0, 0.05) is 6.07 Å². The van der Waals surface area contributed by atoms with Crippen molar-refractivity contribution < 1.29 is 8.96 Å². The highest BCUT2D eigenvalue weighted by Gasteiger charge is 2.14. The van der Waals surface area contributed by atoms with Crippen molar-refractivity contribution in [2.75, 3.05) is 5.43 Å². The number of hydrogen-bond donors (Lipinski definition) is 1. The topological polar surface area (TPSA) is 20.8 Å². The highest BCUT2D eigenvalue weighted by atomic mass is 19.1. The van der Waals surface area contributed by atoms with Crippen molar-refractivity contribution in [1.29, 1.82) is 0 Å². The first-order valence-electron chi connectivity index (χ1n) is 5.72. The first kappa shape index (κ1) is 10.8. The Bertz CT molecular complexity index is 689. The van der Waals surface area contributed by atoms with Gasteiger partial charge in [0.25, 0.3) is 6.33 Å². The maximum atomic E-state index is 13.3. The van der Waals surface area contributed by atoms with Gasteiger partial charge in [0.05, 0.1) is 12.7 Å². The van der Waals surface area contributed by atoms with Gasteiger partial charge in [0.15, 0.2) is 5.52 Å². The van der Waals surface area contributed by atoms with Crippen LogP contribution in [0.5, 0.6) is 0 Å². The van der Waals surface area contributed by atoms with Crippen molar-refractivity contribution >= 4 is 16.7 Å². The van der Waals surface area contributed by atoms with Crippen LogP contribution < -0.4 is 9.99 Å². The lowest BCUT2D eigenvalue weighted by atomic mass is 10.3. The molecule has 0 atom stereocenters. The molecular formula is C14H13FN3+. The van der Waals surface area contributed by atoms with E-state index in [2.05, 4.69) is 5.43 Å². The molecule has 0 bridgehead atoms. The summed E-state index contributed by atoms with van der Waals surface area (Å²) in [4.78, 5) is 0. The SMILES string of the molecule is C[n+]1cn(Nc2ccccc2)c2cc(F)ccc21. The maximum Gasteiger partial charge on any atom is 0.268 e. The van der Waals surface area contributed by atoms with Crippen LogP contribution in [0, 0.1) is 5.82 Å². The van der Waals surface area contributed by atoms with Crippen molar-refractivity contribution in [2.24, 2.45) is 7.05 Å². The fourth-order valence-electron chi connectivity index (χ4n) is 2.03. The van der Waals surface area contributed by atoms with Gasteiger partial charge in [-0.15, -0.1) is 4.68 Å². The van der Waals surface area contributed by atoms with Crippen LogP contribution in [0.25, 0.3) is 11.0 Å². The zero-order valence-corrected chi connectivity index (χ0v) is 9.97. The molecule has 1 aromatic heterocycles. The van der Waals surface area contributed by atoms with Gasteiger partial charge >= 0.3 is 0 Å². The summed E-state index contributed by atoms with van der Waals surface area (Å²) in [7, 11) is 1.93. The monoisotopic (exact) mass is 242 g/mol. The van der Waals surface area contributed by atoms with Gasteiger partial charge in [-0.05, 0) is 24.3 Å². The molecule has 0 aliphatic rings. The van der Waals surface area contributed by atoms with Crippen molar-refractivity contribution in [3.63, 3.8) is 0 Å². The Balaban J connectivity index is 2.09. The summed E-state index contributed by atoms with van der Waals surface area (Å²) in [5.74, 6) is -0.239. The lowest BCUT2D eigenvalue weighted by molar-refractivity contribution is -0.645. The summed E-state index contributed by atoms with van der Waals surface area (Å²) in [6, 6.07) is 14.5. The normalized spacial score (nSPS) is 10.8. The number of benzene rings is 2. The molecule has 1 heterocycles. The van der Waals surface area contributed by atoms with Crippen LogP contribution in [-0.2, 0) is 7.05 Å². The number of para-hydroxylation sites is 1. The van der Waals surface area contributed by atoms with E-state index in [0.717, 1.165) is 16.7 Å². The summed E-state index contributed by atoms with van der Waals surface area (Å²) in [6.07, 6.45) is 1.89. The minimum Gasteiger partial charge on any atom is -0.231 e. The first-order valence-corrected chi connectivity index (χ1v) is 5.72. The number of nitrogens with one attached hydrogen (secondary N) is 1. The number of rotatable bonds is 2. The zero-order chi connectivity index (χ0) is 12.5. The van der Waals surface area contributed by atoms with E-state index in [-0.39, 0.29) is 5.82 Å². The maximum absolute atomic E-state index is 13.3. The van der Waals surface area contributed by atoms with Gasteiger partial charge < -0.3 is 0 Å². The number of nitrogens with zero attached hydrogens (tertiary/aromatic N) is 2. The van der Waals surface area contributed by atoms with Gasteiger partial charge in [-0.25, -0.2) is 14.4 Å². The summed E-state index contributed by atoms with van der Waals surface area (Å²) in [5.41, 5.74) is 5.96.